The zero-order chi connectivity index (χ0) is 19.7. The van der Waals surface area contributed by atoms with E-state index in [4.69, 9.17) is 23.2 Å². The Morgan fingerprint density at radius 3 is 2.52 bits per heavy atom. The van der Waals surface area contributed by atoms with Crippen molar-refractivity contribution in [1.29, 1.82) is 0 Å². The molecule has 0 amide bonds. The zero-order valence-electron chi connectivity index (χ0n) is 14.1. The molecule has 1 N–H and O–H groups in total. The molecule has 0 fully saturated rings. The minimum Gasteiger partial charge on any atom is -0.477 e. The largest absolute Gasteiger partial charge is 0.477 e. The second kappa shape index (κ2) is 7.88. The Morgan fingerprint density at radius 1 is 1.22 bits per heavy atom. The number of benzene rings is 1. The van der Waals surface area contributed by atoms with Crippen LogP contribution in [0.2, 0.25) is 10.0 Å². The van der Waals surface area contributed by atoms with Crippen LogP contribution in [0.25, 0.3) is 11.3 Å². The van der Waals surface area contributed by atoms with Gasteiger partial charge in [0.25, 0.3) is 0 Å². The molecular weight excluding hydrogens is 457 g/mol. The van der Waals surface area contributed by atoms with Gasteiger partial charge in [-0.3, -0.25) is 9.48 Å². The van der Waals surface area contributed by atoms with E-state index in [1.165, 1.54) is 6.07 Å². The number of halogens is 3. The van der Waals surface area contributed by atoms with Crippen LogP contribution in [0.1, 0.15) is 23.0 Å². The van der Waals surface area contributed by atoms with E-state index in [9.17, 15) is 14.7 Å². The molecule has 9 heteroatoms. The first-order valence-corrected chi connectivity index (χ1v) is 9.51. The van der Waals surface area contributed by atoms with Crippen molar-refractivity contribution in [3.63, 3.8) is 0 Å². The van der Waals surface area contributed by atoms with Gasteiger partial charge >= 0.3 is 5.97 Å². The molecule has 3 aromatic rings. The average Bonchev–Trinajstić information content (AvgIpc) is 3.01. The Labute approximate surface area is 173 Å². The Morgan fingerprint density at radius 2 is 1.96 bits per heavy atom. The predicted molar refractivity (Wildman–Crippen MR) is 108 cm³/mol. The predicted octanol–water partition coefficient (Wildman–Crippen LogP) is 4.55. The Balaban J connectivity index is 2.29. The van der Waals surface area contributed by atoms with Crippen molar-refractivity contribution in [2.75, 3.05) is 0 Å². The maximum absolute atomic E-state index is 12.6. The topological polar surface area (TPSA) is 77.1 Å². The molecule has 0 saturated heterocycles. The van der Waals surface area contributed by atoms with E-state index in [0.29, 0.717) is 34.0 Å². The van der Waals surface area contributed by atoms with Crippen molar-refractivity contribution in [2.45, 2.75) is 20.0 Å². The maximum Gasteiger partial charge on any atom is 0.341 e. The fourth-order valence-corrected chi connectivity index (χ4v) is 3.55. The van der Waals surface area contributed by atoms with Crippen LogP contribution < -0.4 is 5.43 Å². The Kier molecular flexibility index (Phi) is 5.74. The molecule has 140 valence electrons. The summed E-state index contributed by atoms with van der Waals surface area (Å²) in [7, 11) is 0. The van der Waals surface area contributed by atoms with Gasteiger partial charge in [0.15, 0.2) is 5.43 Å². The van der Waals surface area contributed by atoms with Crippen molar-refractivity contribution < 1.29 is 9.90 Å². The highest BCUT2D eigenvalue weighted by molar-refractivity contribution is 9.10. The lowest BCUT2D eigenvalue weighted by molar-refractivity contribution is 0.0695. The standard InChI is InChI=1S/C18H14BrCl2N3O3/c1-2-24-11(9-23-6-5-15(19)22-23)8-14(25)16(18(26)27)17(24)10-3-4-12(20)13(21)7-10/h3-8H,2,9H2,1H3,(H,26,27). The number of nitrogens with zero attached hydrogens (tertiary/aromatic N) is 3. The monoisotopic (exact) mass is 469 g/mol. The lowest BCUT2D eigenvalue weighted by atomic mass is 10.0. The van der Waals surface area contributed by atoms with Crippen LogP contribution in [0, 0.1) is 0 Å². The van der Waals surface area contributed by atoms with Crippen LogP contribution in [-0.2, 0) is 13.1 Å². The highest BCUT2D eigenvalue weighted by Gasteiger charge is 2.22. The second-order valence-electron chi connectivity index (χ2n) is 5.74. The summed E-state index contributed by atoms with van der Waals surface area (Å²) >= 11 is 15.4. The SMILES string of the molecule is CCn1c(Cn2ccc(Br)n2)cc(=O)c(C(=O)O)c1-c1ccc(Cl)c(Cl)c1. The molecule has 0 aliphatic heterocycles. The summed E-state index contributed by atoms with van der Waals surface area (Å²) in [5.74, 6) is -1.29. The van der Waals surface area contributed by atoms with Crippen LogP contribution in [0.3, 0.4) is 0 Å². The summed E-state index contributed by atoms with van der Waals surface area (Å²) < 4.78 is 4.10. The molecule has 2 aromatic heterocycles. The number of aromatic nitrogens is 3. The number of hydrogen-bond donors (Lipinski definition) is 1. The summed E-state index contributed by atoms with van der Waals surface area (Å²) in [5.41, 5.74) is 0.542. The van der Waals surface area contributed by atoms with Gasteiger partial charge in [0.2, 0.25) is 0 Å². The number of rotatable bonds is 5. The first-order valence-electron chi connectivity index (χ1n) is 7.96. The maximum atomic E-state index is 12.6. The number of pyridine rings is 1. The molecule has 27 heavy (non-hydrogen) atoms. The molecule has 0 aliphatic carbocycles. The van der Waals surface area contributed by atoms with Crippen LogP contribution in [0.4, 0.5) is 0 Å². The number of carboxylic acids is 1. The minimum absolute atomic E-state index is 0.280. The van der Waals surface area contributed by atoms with Crippen LogP contribution in [-0.4, -0.2) is 25.4 Å². The fraction of sp³-hybridized carbons (Fsp3) is 0.167. The van der Waals surface area contributed by atoms with Crippen LogP contribution >= 0.6 is 39.1 Å². The minimum atomic E-state index is -1.29. The van der Waals surface area contributed by atoms with Gasteiger partial charge in [0, 0.05) is 30.1 Å². The fourth-order valence-electron chi connectivity index (χ4n) is 2.93. The van der Waals surface area contributed by atoms with Gasteiger partial charge in [-0.15, -0.1) is 0 Å². The Hall–Kier alpha value is -2.09. The normalized spacial score (nSPS) is 11.0. The molecule has 0 aliphatic rings. The molecule has 0 atom stereocenters. The van der Waals surface area contributed by atoms with E-state index in [0.717, 1.165) is 0 Å². The third-order valence-corrected chi connectivity index (χ3v) is 5.21. The molecule has 3 rings (SSSR count). The van der Waals surface area contributed by atoms with Gasteiger partial charge in [-0.2, -0.15) is 5.10 Å². The van der Waals surface area contributed by atoms with E-state index < -0.39 is 11.4 Å². The lowest BCUT2D eigenvalue weighted by Gasteiger charge is -2.20. The molecule has 0 saturated carbocycles. The van der Waals surface area contributed by atoms with Gasteiger partial charge in [-0.25, -0.2) is 4.79 Å². The average molecular weight is 471 g/mol. The number of carbonyl (C=O) groups is 1. The lowest BCUT2D eigenvalue weighted by Crippen LogP contribution is -2.24. The van der Waals surface area contributed by atoms with Crippen molar-refractivity contribution in [1.82, 2.24) is 14.3 Å². The number of hydrogen-bond acceptors (Lipinski definition) is 3. The Bertz CT molecular complexity index is 1090. The van der Waals surface area contributed by atoms with Gasteiger partial charge in [-0.1, -0.05) is 29.3 Å². The molecule has 0 spiro atoms. The van der Waals surface area contributed by atoms with Crippen LogP contribution in [0.15, 0.2) is 45.9 Å². The molecule has 0 unspecified atom stereocenters. The third kappa shape index (κ3) is 3.95. The van der Waals surface area contributed by atoms with Crippen molar-refractivity contribution in [2.24, 2.45) is 0 Å². The molecule has 1 aromatic carbocycles. The molecule has 6 nitrogen and oxygen atoms in total. The quantitative estimate of drug-likeness (QED) is 0.593. The first kappa shape index (κ1) is 19.7. The second-order valence-corrected chi connectivity index (χ2v) is 7.36. The summed E-state index contributed by atoms with van der Waals surface area (Å²) in [6, 6.07) is 7.90. The van der Waals surface area contributed by atoms with Gasteiger partial charge < -0.3 is 9.67 Å². The smallest absolute Gasteiger partial charge is 0.341 e. The summed E-state index contributed by atoms with van der Waals surface area (Å²) in [4.78, 5) is 24.4. The molecule has 0 bridgehead atoms. The van der Waals surface area contributed by atoms with E-state index in [1.54, 1.807) is 39.7 Å². The zero-order valence-corrected chi connectivity index (χ0v) is 17.2. The highest BCUT2D eigenvalue weighted by Crippen LogP contribution is 2.30. The molecule has 0 radical (unpaired) electrons. The van der Waals surface area contributed by atoms with E-state index in [2.05, 4.69) is 21.0 Å². The molecular formula is C18H14BrCl2N3O3. The van der Waals surface area contributed by atoms with E-state index >= 15 is 0 Å². The summed E-state index contributed by atoms with van der Waals surface area (Å²) in [5, 5.41) is 14.5. The van der Waals surface area contributed by atoms with Gasteiger partial charge in [0.1, 0.15) is 10.2 Å². The van der Waals surface area contributed by atoms with E-state index in [-0.39, 0.29) is 16.3 Å². The van der Waals surface area contributed by atoms with Gasteiger partial charge in [-0.05, 0) is 41.1 Å². The highest BCUT2D eigenvalue weighted by atomic mass is 79.9. The molecule has 2 heterocycles. The van der Waals surface area contributed by atoms with Crippen molar-refractivity contribution in [3.8, 4) is 11.3 Å². The summed E-state index contributed by atoms with van der Waals surface area (Å²) in [6.07, 6.45) is 1.76. The van der Waals surface area contributed by atoms with Crippen LogP contribution in [0.5, 0.6) is 0 Å². The van der Waals surface area contributed by atoms with Crippen molar-refractivity contribution >= 4 is 45.1 Å². The van der Waals surface area contributed by atoms with Crippen molar-refractivity contribution in [3.05, 3.63) is 72.7 Å². The summed E-state index contributed by atoms with van der Waals surface area (Å²) in [6.45, 7) is 2.64. The van der Waals surface area contributed by atoms with E-state index in [1.807, 2.05) is 6.92 Å². The number of carboxylic acid groups (broad SMARTS) is 1. The first-order chi connectivity index (χ1) is 12.8. The van der Waals surface area contributed by atoms with Gasteiger partial charge in [0.05, 0.1) is 22.3 Å². The third-order valence-electron chi connectivity index (χ3n) is 4.05. The number of aromatic carboxylic acids is 1.